The van der Waals surface area contributed by atoms with Crippen molar-refractivity contribution in [2.75, 3.05) is 0 Å². The van der Waals surface area contributed by atoms with E-state index in [2.05, 4.69) is 30.3 Å². The van der Waals surface area contributed by atoms with E-state index < -0.39 is 0 Å². The molecule has 0 bridgehead atoms. The molecule has 0 aromatic heterocycles. The first-order chi connectivity index (χ1) is 8.86. The number of rotatable bonds is 0. The molecule has 1 fully saturated rings. The summed E-state index contributed by atoms with van der Waals surface area (Å²) in [6.07, 6.45) is 5.72. The van der Waals surface area contributed by atoms with Crippen LogP contribution in [0.1, 0.15) is 32.1 Å². The third-order valence-electron chi connectivity index (χ3n) is 4.04. The molecule has 92 valence electrons. The minimum Gasteiger partial charge on any atom is -0.448 e. The maximum atomic E-state index is 6.23. The van der Waals surface area contributed by atoms with Gasteiger partial charge in [-0.25, -0.2) is 0 Å². The second-order valence-corrected chi connectivity index (χ2v) is 5.29. The second kappa shape index (κ2) is 3.64. The van der Waals surface area contributed by atoms with Gasteiger partial charge in [0.1, 0.15) is 0 Å². The fourth-order valence-corrected chi connectivity index (χ4v) is 3.11. The molecule has 2 nitrogen and oxygen atoms in total. The number of hydrogen-bond acceptors (Lipinski definition) is 2. The van der Waals surface area contributed by atoms with Crippen molar-refractivity contribution in [3.63, 3.8) is 0 Å². The highest BCUT2D eigenvalue weighted by Gasteiger charge is 2.42. The molecular formula is C16H16O2. The molecule has 1 heterocycles. The van der Waals surface area contributed by atoms with Crippen molar-refractivity contribution in [2.24, 2.45) is 0 Å². The van der Waals surface area contributed by atoms with E-state index in [1.165, 1.54) is 24.6 Å². The van der Waals surface area contributed by atoms with Gasteiger partial charge in [-0.1, -0.05) is 36.8 Å². The number of ether oxygens (including phenoxy) is 2. The van der Waals surface area contributed by atoms with E-state index in [1.54, 1.807) is 0 Å². The number of fused-ring (bicyclic) bond motifs is 3. The predicted octanol–water partition coefficient (Wildman–Crippen LogP) is 4.27. The average Bonchev–Trinajstić information content (AvgIpc) is 2.78. The topological polar surface area (TPSA) is 18.5 Å². The van der Waals surface area contributed by atoms with Crippen LogP contribution in [0.3, 0.4) is 0 Å². The Morgan fingerprint density at radius 1 is 0.833 bits per heavy atom. The van der Waals surface area contributed by atoms with Crippen LogP contribution in [0.2, 0.25) is 0 Å². The van der Waals surface area contributed by atoms with Crippen LogP contribution in [-0.2, 0) is 0 Å². The number of hydrogen-bond donors (Lipinski definition) is 0. The van der Waals surface area contributed by atoms with Crippen molar-refractivity contribution in [3.8, 4) is 11.5 Å². The molecular weight excluding hydrogens is 224 g/mol. The van der Waals surface area contributed by atoms with Crippen molar-refractivity contribution >= 4 is 10.8 Å². The first-order valence-electron chi connectivity index (χ1n) is 6.76. The molecule has 2 aromatic carbocycles. The van der Waals surface area contributed by atoms with E-state index in [9.17, 15) is 0 Å². The van der Waals surface area contributed by atoms with Gasteiger partial charge in [-0.3, -0.25) is 0 Å². The Labute approximate surface area is 107 Å². The largest absolute Gasteiger partial charge is 0.448 e. The SMILES string of the molecule is c1ccc2c3c(ccc2c1)OC1(CCCCC1)O3. The molecule has 1 aliphatic carbocycles. The van der Waals surface area contributed by atoms with E-state index >= 15 is 0 Å². The average molecular weight is 240 g/mol. The van der Waals surface area contributed by atoms with Gasteiger partial charge in [-0.2, -0.15) is 0 Å². The maximum Gasteiger partial charge on any atom is 0.251 e. The van der Waals surface area contributed by atoms with Gasteiger partial charge in [-0.05, 0) is 24.3 Å². The predicted molar refractivity (Wildman–Crippen MR) is 71.0 cm³/mol. The fraction of sp³-hybridized carbons (Fsp3) is 0.375. The zero-order valence-corrected chi connectivity index (χ0v) is 10.3. The molecule has 0 N–H and O–H groups in total. The van der Waals surface area contributed by atoms with Crippen LogP contribution in [0, 0.1) is 0 Å². The van der Waals surface area contributed by atoms with Gasteiger partial charge in [0.05, 0.1) is 0 Å². The van der Waals surface area contributed by atoms with Gasteiger partial charge in [0.15, 0.2) is 11.5 Å². The van der Waals surface area contributed by atoms with Gasteiger partial charge < -0.3 is 9.47 Å². The standard InChI is InChI=1S/C16H16O2/c1-4-10-16(11-5-1)17-14-9-8-12-6-2-3-7-13(12)15(14)18-16/h2-3,6-9H,1,4-5,10-11H2. The molecule has 1 aliphatic heterocycles. The van der Waals surface area contributed by atoms with Gasteiger partial charge in [0.2, 0.25) is 0 Å². The smallest absolute Gasteiger partial charge is 0.251 e. The summed E-state index contributed by atoms with van der Waals surface area (Å²) in [4.78, 5) is 0. The van der Waals surface area contributed by atoms with Crippen molar-refractivity contribution in [2.45, 2.75) is 37.9 Å². The quantitative estimate of drug-likeness (QED) is 0.684. The van der Waals surface area contributed by atoms with Crippen molar-refractivity contribution in [1.82, 2.24) is 0 Å². The van der Waals surface area contributed by atoms with E-state index in [0.717, 1.165) is 29.7 Å². The number of benzene rings is 2. The molecule has 2 heteroatoms. The minimum absolute atomic E-state index is 0.370. The Hall–Kier alpha value is -1.70. The summed E-state index contributed by atoms with van der Waals surface area (Å²) in [5.74, 6) is 1.48. The summed E-state index contributed by atoms with van der Waals surface area (Å²) in [7, 11) is 0. The Bertz CT molecular complexity index is 597. The third-order valence-corrected chi connectivity index (χ3v) is 4.04. The molecule has 2 aliphatic rings. The Kier molecular flexibility index (Phi) is 2.07. The second-order valence-electron chi connectivity index (χ2n) is 5.29. The van der Waals surface area contributed by atoms with Crippen LogP contribution in [-0.4, -0.2) is 5.79 Å². The lowest BCUT2D eigenvalue weighted by Gasteiger charge is -2.31. The first-order valence-corrected chi connectivity index (χ1v) is 6.76. The van der Waals surface area contributed by atoms with Crippen LogP contribution >= 0.6 is 0 Å². The molecule has 1 spiro atoms. The lowest BCUT2D eigenvalue weighted by atomic mass is 9.94. The normalized spacial score (nSPS) is 20.4. The maximum absolute atomic E-state index is 6.23. The van der Waals surface area contributed by atoms with Crippen molar-refractivity contribution in [1.29, 1.82) is 0 Å². The summed E-state index contributed by atoms with van der Waals surface area (Å²) >= 11 is 0. The highest BCUT2D eigenvalue weighted by molar-refractivity contribution is 5.91. The fourth-order valence-electron chi connectivity index (χ4n) is 3.11. The molecule has 0 unspecified atom stereocenters. The Balaban J connectivity index is 1.83. The summed E-state index contributed by atoms with van der Waals surface area (Å²) < 4.78 is 12.3. The minimum atomic E-state index is -0.370. The molecule has 2 aromatic rings. The van der Waals surface area contributed by atoms with E-state index in [4.69, 9.17) is 9.47 Å². The first kappa shape index (κ1) is 10.2. The third kappa shape index (κ3) is 1.41. The monoisotopic (exact) mass is 240 g/mol. The molecule has 0 radical (unpaired) electrons. The van der Waals surface area contributed by atoms with Gasteiger partial charge in [-0.15, -0.1) is 0 Å². The molecule has 4 rings (SSSR count). The molecule has 1 saturated carbocycles. The summed E-state index contributed by atoms with van der Waals surface area (Å²) in [5, 5.41) is 2.38. The summed E-state index contributed by atoms with van der Waals surface area (Å²) in [6.45, 7) is 0. The zero-order chi connectivity index (χ0) is 12.0. The van der Waals surface area contributed by atoms with Crippen LogP contribution < -0.4 is 9.47 Å². The van der Waals surface area contributed by atoms with E-state index in [0.29, 0.717) is 0 Å². The molecule has 0 amide bonds. The van der Waals surface area contributed by atoms with Gasteiger partial charge >= 0.3 is 0 Å². The highest BCUT2D eigenvalue weighted by Crippen LogP contribution is 2.48. The Morgan fingerprint density at radius 2 is 1.67 bits per heavy atom. The van der Waals surface area contributed by atoms with Gasteiger partial charge in [0, 0.05) is 18.2 Å². The van der Waals surface area contributed by atoms with Crippen LogP contribution in [0.15, 0.2) is 36.4 Å². The van der Waals surface area contributed by atoms with Crippen LogP contribution in [0.25, 0.3) is 10.8 Å². The van der Waals surface area contributed by atoms with Crippen molar-refractivity contribution < 1.29 is 9.47 Å². The van der Waals surface area contributed by atoms with Gasteiger partial charge in [0.25, 0.3) is 5.79 Å². The zero-order valence-electron chi connectivity index (χ0n) is 10.3. The Morgan fingerprint density at radius 3 is 2.56 bits per heavy atom. The van der Waals surface area contributed by atoms with E-state index in [-0.39, 0.29) is 5.79 Å². The lowest BCUT2D eigenvalue weighted by molar-refractivity contribution is -0.104. The summed E-state index contributed by atoms with van der Waals surface area (Å²) in [6, 6.07) is 12.5. The van der Waals surface area contributed by atoms with Crippen LogP contribution in [0.4, 0.5) is 0 Å². The molecule has 0 atom stereocenters. The van der Waals surface area contributed by atoms with Crippen molar-refractivity contribution in [3.05, 3.63) is 36.4 Å². The highest BCUT2D eigenvalue weighted by atomic mass is 16.7. The molecule has 18 heavy (non-hydrogen) atoms. The van der Waals surface area contributed by atoms with E-state index in [1.807, 2.05) is 6.07 Å². The van der Waals surface area contributed by atoms with Crippen LogP contribution in [0.5, 0.6) is 11.5 Å². The molecule has 0 saturated heterocycles. The lowest BCUT2D eigenvalue weighted by Crippen LogP contribution is -2.40. The summed E-state index contributed by atoms with van der Waals surface area (Å²) in [5.41, 5.74) is 0.